The average molecular weight is 223 g/mol. The maximum atomic E-state index is 6.04. The highest BCUT2D eigenvalue weighted by atomic mass is 16.5. The molecule has 0 aliphatic carbocycles. The maximum Gasteiger partial charge on any atom is 0.119 e. The lowest BCUT2D eigenvalue weighted by Gasteiger charge is -2.11. The minimum Gasteiger partial charge on any atom is -0.497 e. The summed E-state index contributed by atoms with van der Waals surface area (Å²) in [6, 6.07) is 8.26. The number of methoxy groups -OCH3 is 2. The van der Waals surface area contributed by atoms with Gasteiger partial charge in [-0.2, -0.15) is 0 Å². The van der Waals surface area contributed by atoms with Crippen LogP contribution in [0.1, 0.15) is 18.4 Å². The van der Waals surface area contributed by atoms with Crippen LogP contribution in [-0.2, 0) is 11.2 Å². The molecule has 16 heavy (non-hydrogen) atoms. The molecule has 0 saturated carbocycles. The van der Waals surface area contributed by atoms with Crippen molar-refractivity contribution in [3.05, 3.63) is 29.8 Å². The Balaban J connectivity index is 2.39. The fourth-order valence-electron chi connectivity index (χ4n) is 1.69. The molecule has 1 atom stereocenters. The Morgan fingerprint density at radius 3 is 2.81 bits per heavy atom. The number of benzene rings is 1. The zero-order valence-electron chi connectivity index (χ0n) is 10.1. The van der Waals surface area contributed by atoms with E-state index in [9.17, 15) is 0 Å². The van der Waals surface area contributed by atoms with Gasteiger partial charge in [-0.3, -0.25) is 0 Å². The normalized spacial score (nSPS) is 12.4. The lowest BCUT2D eigenvalue weighted by atomic mass is 10.0. The molecule has 1 unspecified atom stereocenters. The Morgan fingerprint density at radius 1 is 1.31 bits per heavy atom. The molecule has 0 bridgehead atoms. The van der Waals surface area contributed by atoms with Crippen molar-refractivity contribution in [2.75, 3.05) is 20.8 Å². The van der Waals surface area contributed by atoms with Crippen LogP contribution in [0.5, 0.6) is 5.75 Å². The molecule has 0 spiro atoms. The van der Waals surface area contributed by atoms with E-state index < -0.39 is 0 Å². The Kier molecular flexibility index (Phi) is 5.90. The van der Waals surface area contributed by atoms with Gasteiger partial charge in [-0.15, -0.1) is 0 Å². The van der Waals surface area contributed by atoms with Crippen LogP contribution in [0.2, 0.25) is 0 Å². The van der Waals surface area contributed by atoms with Gasteiger partial charge in [0.2, 0.25) is 0 Å². The van der Waals surface area contributed by atoms with Crippen LogP contribution in [0.4, 0.5) is 0 Å². The van der Waals surface area contributed by atoms with Gasteiger partial charge in [-0.05, 0) is 37.0 Å². The molecule has 90 valence electrons. The largest absolute Gasteiger partial charge is 0.497 e. The first-order chi connectivity index (χ1) is 7.76. The predicted molar refractivity (Wildman–Crippen MR) is 65.8 cm³/mol. The van der Waals surface area contributed by atoms with Gasteiger partial charge in [0, 0.05) is 19.8 Å². The van der Waals surface area contributed by atoms with Crippen molar-refractivity contribution in [2.45, 2.75) is 25.3 Å². The molecule has 0 fully saturated rings. The topological polar surface area (TPSA) is 44.5 Å². The summed E-state index contributed by atoms with van der Waals surface area (Å²) in [4.78, 5) is 0. The molecule has 1 rings (SSSR count). The summed E-state index contributed by atoms with van der Waals surface area (Å²) in [6.45, 7) is 0.784. The summed E-state index contributed by atoms with van der Waals surface area (Å²) in [5.74, 6) is 0.890. The van der Waals surface area contributed by atoms with E-state index in [0.717, 1.165) is 31.6 Å². The second-order valence-corrected chi connectivity index (χ2v) is 3.95. The Hall–Kier alpha value is -1.06. The lowest BCUT2D eigenvalue weighted by Crippen LogP contribution is -2.23. The molecule has 0 amide bonds. The number of hydrogen-bond acceptors (Lipinski definition) is 3. The third-order valence-corrected chi connectivity index (χ3v) is 2.56. The van der Waals surface area contributed by atoms with Crippen molar-refractivity contribution in [2.24, 2.45) is 5.73 Å². The molecule has 1 aromatic rings. The smallest absolute Gasteiger partial charge is 0.119 e. The van der Waals surface area contributed by atoms with Gasteiger partial charge in [0.25, 0.3) is 0 Å². The molecule has 0 saturated heterocycles. The first kappa shape index (κ1) is 13.0. The van der Waals surface area contributed by atoms with Crippen molar-refractivity contribution in [3.63, 3.8) is 0 Å². The van der Waals surface area contributed by atoms with Crippen molar-refractivity contribution in [3.8, 4) is 5.75 Å². The van der Waals surface area contributed by atoms with Crippen LogP contribution < -0.4 is 10.5 Å². The third kappa shape index (κ3) is 4.64. The predicted octanol–water partition coefficient (Wildman–Crippen LogP) is 1.99. The fourth-order valence-corrected chi connectivity index (χ4v) is 1.69. The summed E-state index contributed by atoms with van der Waals surface area (Å²) in [6.07, 6.45) is 2.90. The van der Waals surface area contributed by atoms with E-state index in [1.165, 1.54) is 5.56 Å². The standard InChI is InChI=1S/C13H21NO2/c1-15-8-4-6-12(14)9-11-5-3-7-13(10-11)16-2/h3,5,7,10,12H,4,6,8-9,14H2,1-2H3. The SMILES string of the molecule is COCCCC(N)Cc1cccc(OC)c1. The summed E-state index contributed by atoms with van der Waals surface area (Å²) in [7, 11) is 3.39. The summed E-state index contributed by atoms with van der Waals surface area (Å²) in [5, 5.41) is 0. The lowest BCUT2D eigenvalue weighted by molar-refractivity contribution is 0.190. The van der Waals surface area contributed by atoms with Crippen LogP contribution in [0, 0.1) is 0 Å². The van der Waals surface area contributed by atoms with Gasteiger partial charge in [-0.25, -0.2) is 0 Å². The molecule has 3 nitrogen and oxygen atoms in total. The molecule has 2 N–H and O–H groups in total. The molecule has 0 aromatic heterocycles. The Bertz CT molecular complexity index is 302. The molecule has 3 heteroatoms. The molecule has 0 heterocycles. The number of hydrogen-bond donors (Lipinski definition) is 1. The summed E-state index contributed by atoms with van der Waals surface area (Å²) in [5.41, 5.74) is 7.27. The minimum atomic E-state index is 0.197. The molecular weight excluding hydrogens is 202 g/mol. The van der Waals surface area contributed by atoms with E-state index in [4.69, 9.17) is 15.2 Å². The zero-order chi connectivity index (χ0) is 11.8. The first-order valence-corrected chi connectivity index (χ1v) is 5.63. The molecular formula is C13H21NO2. The van der Waals surface area contributed by atoms with Gasteiger partial charge >= 0.3 is 0 Å². The minimum absolute atomic E-state index is 0.197. The van der Waals surface area contributed by atoms with Gasteiger partial charge in [0.05, 0.1) is 7.11 Å². The Labute approximate surface area is 97.6 Å². The highest BCUT2D eigenvalue weighted by molar-refractivity contribution is 5.28. The second kappa shape index (κ2) is 7.25. The molecule has 1 aromatic carbocycles. The quantitative estimate of drug-likeness (QED) is 0.719. The average Bonchev–Trinajstić information content (AvgIpc) is 2.29. The van der Waals surface area contributed by atoms with E-state index in [0.29, 0.717) is 0 Å². The van der Waals surface area contributed by atoms with Crippen molar-refractivity contribution in [1.29, 1.82) is 0 Å². The van der Waals surface area contributed by atoms with Crippen molar-refractivity contribution >= 4 is 0 Å². The van der Waals surface area contributed by atoms with E-state index in [1.54, 1.807) is 14.2 Å². The van der Waals surface area contributed by atoms with Gasteiger partial charge in [0.1, 0.15) is 5.75 Å². The molecule has 0 aliphatic rings. The maximum absolute atomic E-state index is 6.04. The van der Waals surface area contributed by atoms with Gasteiger partial charge in [-0.1, -0.05) is 12.1 Å². The van der Waals surface area contributed by atoms with Crippen LogP contribution >= 0.6 is 0 Å². The van der Waals surface area contributed by atoms with Gasteiger partial charge < -0.3 is 15.2 Å². The van der Waals surface area contributed by atoms with Crippen LogP contribution in [-0.4, -0.2) is 26.9 Å². The summed E-state index contributed by atoms with van der Waals surface area (Å²) >= 11 is 0. The van der Waals surface area contributed by atoms with Crippen molar-refractivity contribution in [1.82, 2.24) is 0 Å². The first-order valence-electron chi connectivity index (χ1n) is 5.63. The van der Waals surface area contributed by atoms with Crippen molar-refractivity contribution < 1.29 is 9.47 Å². The highest BCUT2D eigenvalue weighted by Crippen LogP contribution is 2.14. The van der Waals surface area contributed by atoms with Crippen LogP contribution in [0.25, 0.3) is 0 Å². The van der Waals surface area contributed by atoms with E-state index in [1.807, 2.05) is 18.2 Å². The van der Waals surface area contributed by atoms with Crippen LogP contribution in [0.3, 0.4) is 0 Å². The van der Waals surface area contributed by atoms with Crippen LogP contribution in [0.15, 0.2) is 24.3 Å². The highest BCUT2D eigenvalue weighted by Gasteiger charge is 2.04. The monoisotopic (exact) mass is 223 g/mol. The number of ether oxygens (including phenoxy) is 2. The number of nitrogens with two attached hydrogens (primary N) is 1. The zero-order valence-corrected chi connectivity index (χ0v) is 10.1. The van der Waals surface area contributed by atoms with E-state index >= 15 is 0 Å². The van der Waals surface area contributed by atoms with Gasteiger partial charge in [0.15, 0.2) is 0 Å². The second-order valence-electron chi connectivity index (χ2n) is 3.95. The number of rotatable bonds is 7. The molecule has 0 radical (unpaired) electrons. The molecule has 0 aliphatic heterocycles. The summed E-state index contributed by atoms with van der Waals surface area (Å²) < 4.78 is 10.2. The van der Waals surface area contributed by atoms with E-state index in [-0.39, 0.29) is 6.04 Å². The third-order valence-electron chi connectivity index (χ3n) is 2.56. The van der Waals surface area contributed by atoms with E-state index in [2.05, 4.69) is 6.07 Å². The Morgan fingerprint density at radius 2 is 2.12 bits per heavy atom. The fraction of sp³-hybridized carbons (Fsp3) is 0.538.